The van der Waals surface area contributed by atoms with Gasteiger partial charge in [-0.1, -0.05) is 37.6 Å². The summed E-state index contributed by atoms with van der Waals surface area (Å²) in [7, 11) is 4.09. The number of benzene rings is 1. The van der Waals surface area contributed by atoms with Crippen LogP contribution in [0.25, 0.3) is 11.4 Å². The standard InChI is InChI=1S/C17H23N3O/c1-4-5-6-15-11-16(21)19-17(18-15)14-9-7-13(8-10-14)12-20(2)3/h7-11H,4-6,12H2,1-3H3,(H,18,19,21). The van der Waals surface area contributed by atoms with Gasteiger partial charge in [-0.25, -0.2) is 4.98 Å². The normalized spacial score (nSPS) is 11.0. The number of aryl methyl sites for hydroxylation is 1. The fourth-order valence-electron chi connectivity index (χ4n) is 2.26. The number of hydrogen-bond donors (Lipinski definition) is 1. The van der Waals surface area contributed by atoms with Crippen LogP contribution in [0.5, 0.6) is 0 Å². The van der Waals surface area contributed by atoms with Crippen LogP contribution < -0.4 is 5.56 Å². The molecule has 0 spiro atoms. The Bertz CT molecular complexity index is 629. The van der Waals surface area contributed by atoms with Crippen LogP contribution in [0, 0.1) is 0 Å². The molecular formula is C17H23N3O. The van der Waals surface area contributed by atoms with Crippen LogP contribution in [-0.2, 0) is 13.0 Å². The maximum Gasteiger partial charge on any atom is 0.251 e. The lowest BCUT2D eigenvalue weighted by molar-refractivity contribution is 0.402. The minimum atomic E-state index is -0.0801. The molecule has 1 aromatic carbocycles. The molecule has 4 heteroatoms. The van der Waals surface area contributed by atoms with E-state index in [0.29, 0.717) is 5.82 Å². The van der Waals surface area contributed by atoms with E-state index in [0.717, 1.165) is 37.1 Å². The van der Waals surface area contributed by atoms with Gasteiger partial charge in [0.2, 0.25) is 0 Å². The molecule has 2 aromatic rings. The van der Waals surface area contributed by atoms with E-state index >= 15 is 0 Å². The number of H-pyrrole nitrogens is 1. The van der Waals surface area contributed by atoms with E-state index in [-0.39, 0.29) is 5.56 Å². The summed E-state index contributed by atoms with van der Waals surface area (Å²) < 4.78 is 0. The van der Waals surface area contributed by atoms with E-state index in [1.54, 1.807) is 6.07 Å². The molecule has 4 nitrogen and oxygen atoms in total. The van der Waals surface area contributed by atoms with Crippen molar-refractivity contribution in [1.29, 1.82) is 0 Å². The summed E-state index contributed by atoms with van der Waals surface area (Å²) in [6.45, 7) is 3.04. The minimum Gasteiger partial charge on any atom is -0.307 e. The number of aromatic amines is 1. The van der Waals surface area contributed by atoms with Gasteiger partial charge in [0.15, 0.2) is 0 Å². The molecule has 0 atom stereocenters. The summed E-state index contributed by atoms with van der Waals surface area (Å²) in [6, 6.07) is 9.78. The Morgan fingerprint density at radius 1 is 1.19 bits per heavy atom. The van der Waals surface area contributed by atoms with Crippen LogP contribution in [0.3, 0.4) is 0 Å². The van der Waals surface area contributed by atoms with Gasteiger partial charge in [0, 0.05) is 23.9 Å². The van der Waals surface area contributed by atoms with Gasteiger partial charge in [-0.05, 0) is 32.5 Å². The first-order valence-electron chi connectivity index (χ1n) is 7.42. The first kappa shape index (κ1) is 15.4. The van der Waals surface area contributed by atoms with E-state index < -0.39 is 0 Å². The largest absolute Gasteiger partial charge is 0.307 e. The number of aromatic nitrogens is 2. The fraction of sp³-hybridized carbons (Fsp3) is 0.412. The molecule has 0 radical (unpaired) electrons. The SMILES string of the molecule is CCCCc1cc(=O)[nH]c(-c2ccc(CN(C)C)cc2)n1. The molecule has 0 aliphatic carbocycles. The van der Waals surface area contributed by atoms with Crippen LogP contribution in [0.2, 0.25) is 0 Å². The lowest BCUT2D eigenvalue weighted by Gasteiger charge is -2.10. The number of nitrogens with one attached hydrogen (secondary N) is 1. The van der Waals surface area contributed by atoms with Gasteiger partial charge >= 0.3 is 0 Å². The lowest BCUT2D eigenvalue weighted by atomic mass is 10.1. The van der Waals surface area contributed by atoms with Crippen molar-refractivity contribution in [3.63, 3.8) is 0 Å². The van der Waals surface area contributed by atoms with Gasteiger partial charge in [-0.3, -0.25) is 4.79 Å². The summed E-state index contributed by atoms with van der Waals surface area (Å²) in [5, 5.41) is 0. The summed E-state index contributed by atoms with van der Waals surface area (Å²) in [5.74, 6) is 0.657. The van der Waals surface area contributed by atoms with Crippen LogP contribution in [0.1, 0.15) is 31.0 Å². The summed E-state index contributed by atoms with van der Waals surface area (Å²) in [5.41, 5.74) is 2.98. The maximum absolute atomic E-state index is 11.8. The highest BCUT2D eigenvalue weighted by molar-refractivity contribution is 5.55. The number of hydrogen-bond acceptors (Lipinski definition) is 3. The Hall–Kier alpha value is -1.94. The number of unbranched alkanes of at least 4 members (excludes halogenated alkanes) is 1. The molecule has 1 N–H and O–H groups in total. The highest BCUT2D eigenvalue weighted by Gasteiger charge is 2.04. The monoisotopic (exact) mass is 285 g/mol. The first-order valence-corrected chi connectivity index (χ1v) is 7.42. The predicted molar refractivity (Wildman–Crippen MR) is 86.3 cm³/mol. The highest BCUT2D eigenvalue weighted by atomic mass is 16.1. The molecule has 0 unspecified atom stereocenters. The quantitative estimate of drug-likeness (QED) is 0.888. The number of nitrogens with zero attached hydrogens (tertiary/aromatic N) is 2. The van der Waals surface area contributed by atoms with Gasteiger partial charge in [-0.2, -0.15) is 0 Å². The third kappa shape index (κ3) is 4.53. The van der Waals surface area contributed by atoms with Crippen LogP contribution in [-0.4, -0.2) is 29.0 Å². The Morgan fingerprint density at radius 2 is 1.90 bits per heavy atom. The van der Waals surface area contributed by atoms with Crippen molar-refractivity contribution in [1.82, 2.24) is 14.9 Å². The smallest absolute Gasteiger partial charge is 0.251 e. The molecule has 0 fully saturated rings. The summed E-state index contributed by atoms with van der Waals surface area (Å²) >= 11 is 0. The highest BCUT2D eigenvalue weighted by Crippen LogP contribution is 2.16. The van der Waals surface area contributed by atoms with Crippen LogP contribution >= 0.6 is 0 Å². The third-order valence-electron chi connectivity index (χ3n) is 3.31. The fourth-order valence-corrected chi connectivity index (χ4v) is 2.26. The molecular weight excluding hydrogens is 262 g/mol. The molecule has 1 heterocycles. The lowest BCUT2D eigenvalue weighted by Crippen LogP contribution is -2.11. The third-order valence-corrected chi connectivity index (χ3v) is 3.31. The predicted octanol–water partition coefficient (Wildman–Crippen LogP) is 2.84. The summed E-state index contributed by atoms with van der Waals surface area (Å²) in [4.78, 5) is 21.3. The Morgan fingerprint density at radius 3 is 2.52 bits per heavy atom. The van der Waals surface area contributed by atoms with Crippen LogP contribution in [0.15, 0.2) is 35.1 Å². The average molecular weight is 285 g/mol. The van der Waals surface area contributed by atoms with Crippen molar-refractivity contribution in [3.05, 3.63) is 51.9 Å². The van der Waals surface area contributed by atoms with Crippen molar-refractivity contribution in [2.45, 2.75) is 32.7 Å². The molecule has 0 saturated heterocycles. The zero-order valence-corrected chi connectivity index (χ0v) is 13.0. The second-order valence-corrected chi connectivity index (χ2v) is 5.62. The average Bonchev–Trinajstić information content (AvgIpc) is 2.44. The first-order chi connectivity index (χ1) is 10.1. The van der Waals surface area contributed by atoms with Gasteiger partial charge in [0.25, 0.3) is 5.56 Å². The minimum absolute atomic E-state index is 0.0801. The Kier molecular flexibility index (Phi) is 5.28. The van der Waals surface area contributed by atoms with E-state index in [2.05, 4.69) is 33.9 Å². The van der Waals surface area contributed by atoms with Gasteiger partial charge in [0.05, 0.1) is 0 Å². The molecule has 0 aliphatic heterocycles. The van der Waals surface area contributed by atoms with Gasteiger partial charge in [-0.15, -0.1) is 0 Å². The topological polar surface area (TPSA) is 49.0 Å². The van der Waals surface area contributed by atoms with Crippen molar-refractivity contribution in [2.75, 3.05) is 14.1 Å². The van der Waals surface area contributed by atoms with Crippen LogP contribution in [0.4, 0.5) is 0 Å². The molecule has 112 valence electrons. The molecule has 2 rings (SSSR count). The zero-order chi connectivity index (χ0) is 15.2. The maximum atomic E-state index is 11.8. The van der Waals surface area contributed by atoms with E-state index in [1.165, 1.54) is 5.56 Å². The second-order valence-electron chi connectivity index (χ2n) is 5.62. The van der Waals surface area contributed by atoms with E-state index in [4.69, 9.17) is 0 Å². The van der Waals surface area contributed by atoms with Gasteiger partial charge < -0.3 is 9.88 Å². The molecule has 0 saturated carbocycles. The van der Waals surface area contributed by atoms with Crippen molar-refractivity contribution >= 4 is 0 Å². The van der Waals surface area contributed by atoms with Crippen molar-refractivity contribution < 1.29 is 0 Å². The second kappa shape index (κ2) is 7.18. The van der Waals surface area contributed by atoms with Gasteiger partial charge in [0.1, 0.15) is 5.82 Å². The molecule has 1 aromatic heterocycles. The Labute approximate surface area is 125 Å². The van der Waals surface area contributed by atoms with E-state index in [1.807, 2.05) is 26.2 Å². The number of rotatable bonds is 6. The molecule has 0 aliphatic rings. The molecule has 21 heavy (non-hydrogen) atoms. The van der Waals surface area contributed by atoms with E-state index in [9.17, 15) is 4.79 Å². The van der Waals surface area contributed by atoms with Crippen molar-refractivity contribution in [3.8, 4) is 11.4 Å². The Balaban J connectivity index is 2.24. The molecule has 0 bridgehead atoms. The summed E-state index contributed by atoms with van der Waals surface area (Å²) in [6.07, 6.45) is 3.01. The van der Waals surface area contributed by atoms with Crippen molar-refractivity contribution in [2.24, 2.45) is 0 Å². The molecule has 0 amide bonds. The zero-order valence-electron chi connectivity index (χ0n) is 13.0.